The summed E-state index contributed by atoms with van der Waals surface area (Å²) < 4.78 is 0. The Morgan fingerprint density at radius 1 is 1.23 bits per heavy atom. The molecule has 0 radical (unpaired) electrons. The molecule has 4 nitrogen and oxygen atoms in total. The van der Waals surface area contributed by atoms with Crippen LogP contribution in [0.4, 0.5) is 0 Å². The van der Waals surface area contributed by atoms with Gasteiger partial charge in [0.05, 0.1) is 11.4 Å². The molecule has 0 fully saturated rings. The Morgan fingerprint density at radius 2 is 2.07 bits per heavy atom. The van der Waals surface area contributed by atoms with Crippen LogP contribution in [-0.4, -0.2) is 28.4 Å². The van der Waals surface area contributed by atoms with E-state index in [-0.39, 0.29) is 0 Å². The highest BCUT2D eigenvalue weighted by Crippen LogP contribution is 2.28. The number of aliphatic imine (C=N–C) groups is 1. The van der Waals surface area contributed by atoms with Gasteiger partial charge in [-0.3, -0.25) is 10.7 Å². The minimum absolute atomic E-state index is 0.517. The maximum Gasteiger partial charge on any atom is 0.169 e. The highest BCUT2D eigenvalue weighted by molar-refractivity contribution is 8.13. The first-order valence-corrected chi connectivity index (χ1v) is 11.6. The summed E-state index contributed by atoms with van der Waals surface area (Å²) in [6.07, 6.45) is 14.6. The predicted octanol–water partition coefficient (Wildman–Crippen LogP) is 6.22. The van der Waals surface area contributed by atoms with Gasteiger partial charge in [0.15, 0.2) is 5.17 Å². The van der Waals surface area contributed by atoms with Gasteiger partial charge in [-0.25, -0.2) is 4.99 Å². The quantitative estimate of drug-likeness (QED) is 0.237. The smallest absolute Gasteiger partial charge is 0.169 e. The lowest BCUT2D eigenvalue weighted by Crippen LogP contribution is -2.34. The number of nitrogens with one attached hydrogen (secondary N) is 1. The number of hydroxylamine groups is 1. The molecule has 2 aliphatic carbocycles. The average molecular weight is 424 g/mol. The fourth-order valence-corrected chi connectivity index (χ4v) is 4.63. The van der Waals surface area contributed by atoms with Gasteiger partial charge in [0.2, 0.25) is 0 Å². The molecular weight excluding hydrogens is 390 g/mol. The molecular formula is C25H33N3OS. The van der Waals surface area contributed by atoms with Gasteiger partial charge in [-0.05, 0) is 56.7 Å². The minimum atomic E-state index is 0.517. The summed E-state index contributed by atoms with van der Waals surface area (Å²) in [6, 6.07) is 8.56. The molecule has 0 bridgehead atoms. The van der Waals surface area contributed by atoms with Crippen LogP contribution in [0.3, 0.4) is 0 Å². The van der Waals surface area contributed by atoms with Crippen molar-refractivity contribution in [2.75, 3.05) is 13.1 Å². The molecule has 1 aromatic rings. The number of hydrogen-bond acceptors (Lipinski definition) is 4. The van der Waals surface area contributed by atoms with E-state index in [4.69, 9.17) is 4.99 Å². The zero-order valence-corrected chi connectivity index (χ0v) is 19.1. The molecule has 0 spiro atoms. The zero-order chi connectivity index (χ0) is 21.3. The highest BCUT2D eigenvalue weighted by Gasteiger charge is 2.19. The minimum Gasteiger partial charge on any atom is -0.347 e. The highest BCUT2D eigenvalue weighted by atomic mass is 32.2. The van der Waals surface area contributed by atoms with Crippen molar-refractivity contribution >= 4 is 16.9 Å². The number of thioether (sulfide) groups is 1. The van der Waals surface area contributed by atoms with Crippen LogP contribution in [0.2, 0.25) is 0 Å². The second-order valence-electron chi connectivity index (χ2n) is 8.29. The molecule has 160 valence electrons. The lowest BCUT2D eigenvalue weighted by Gasteiger charge is -2.29. The van der Waals surface area contributed by atoms with E-state index in [1.807, 2.05) is 6.08 Å². The third-order valence-electron chi connectivity index (χ3n) is 5.04. The van der Waals surface area contributed by atoms with Crippen molar-refractivity contribution in [3.63, 3.8) is 0 Å². The maximum absolute atomic E-state index is 9.58. The third kappa shape index (κ3) is 6.64. The summed E-state index contributed by atoms with van der Waals surface area (Å²) in [6.45, 7) is 8.43. The predicted molar refractivity (Wildman–Crippen MR) is 128 cm³/mol. The molecule has 0 amide bonds. The average Bonchev–Trinajstić information content (AvgIpc) is 2.74. The molecule has 0 aliphatic heterocycles. The maximum atomic E-state index is 9.58. The molecule has 0 aromatic heterocycles. The molecule has 30 heavy (non-hydrogen) atoms. The Hall–Kier alpha value is -2.24. The SMILES string of the molecule is Cc1cccc(SC(=NC2=C(NO)C=CCC2)N(CC2=CC=CCC2)CC(C)C)c1. The lowest BCUT2D eigenvalue weighted by atomic mass is 10.0. The Balaban J connectivity index is 1.98. The summed E-state index contributed by atoms with van der Waals surface area (Å²) in [5, 5.41) is 10.6. The molecule has 0 saturated heterocycles. The lowest BCUT2D eigenvalue weighted by molar-refractivity contribution is 0.202. The number of aryl methyl sites for hydroxylation is 1. The van der Waals surface area contributed by atoms with Crippen LogP contribution >= 0.6 is 11.8 Å². The Labute approximate surface area is 185 Å². The van der Waals surface area contributed by atoms with Crippen molar-refractivity contribution in [3.8, 4) is 0 Å². The van der Waals surface area contributed by atoms with Crippen LogP contribution < -0.4 is 5.48 Å². The van der Waals surface area contributed by atoms with E-state index >= 15 is 0 Å². The van der Waals surface area contributed by atoms with Crippen molar-refractivity contribution in [2.24, 2.45) is 10.9 Å². The van der Waals surface area contributed by atoms with Gasteiger partial charge in [0.1, 0.15) is 0 Å². The second kappa shape index (κ2) is 11.2. The summed E-state index contributed by atoms with van der Waals surface area (Å²) in [5.41, 5.74) is 6.60. The van der Waals surface area contributed by atoms with Crippen LogP contribution in [-0.2, 0) is 0 Å². The topological polar surface area (TPSA) is 47.9 Å². The number of hydrogen-bond donors (Lipinski definition) is 2. The van der Waals surface area contributed by atoms with Gasteiger partial charge in [-0.1, -0.05) is 73.2 Å². The van der Waals surface area contributed by atoms with Crippen LogP contribution in [0.5, 0.6) is 0 Å². The van der Waals surface area contributed by atoms with E-state index in [2.05, 4.69) is 79.7 Å². The van der Waals surface area contributed by atoms with Gasteiger partial charge in [0.25, 0.3) is 0 Å². The molecule has 2 aliphatic rings. The fraction of sp³-hybridized carbons (Fsp3) is 0.400. The Bertz CT molecular complexity index is 880. The first kappa shape index (κ1) is 22.4. The molecule has 0 saturated carbocycles. The second-order valence-corrected chi connectivity index (χ2v) is 9.33. The number of nitrogens with zero attached hydrogens (tertiary/aromatic N) is 2. The van der Waals surface area contributed by atoms with Crippen LogP contribution in [0, 0.1) is 12.8 Å². The molecule has 0 unspecified atom stereocenters. The van der Waals surface area contributed by atoms with Crippen molar-refractivity contribution in [2.45, 2.75) is 51.3 Å². The number of amidine groups is 1. The van der Waals surface area contributed by atoms with Crippen molar-refractivity contribution in [3.05, 3.63) is 77.2 Å². The molecule has 1 aromatic carbocycles. The Kier molecular flexibility index (Phi) is 8.40. The monoisotopic (exact) mass is 423 g/mol. The van der Waals surface area contributed by atoms with Gasteiger partial charge in [-0.2, -0.15) is 0 Å². The molecule has 0 heterocycles. The van der Waals surface area contributed by atoms with Crippen molar-refractivity contribution < 1.29 is 5.21 Å². The molecule has 0 atom stereocenters. The fourth-order valence-electron chi connectivity index (χ4n) is 3.61. The largest absolute Gasteiger partial charge is 0.347 e. The van der Waals surface area contributed by atoms with E-state index in [1.54, 1.807) is 11.8 Å². The van der Waals surface area contributed by atoms with Crippen molar-refractivity contribution in [1.82, 2.24) is 10.4 Å². The van der Waals surface area contributed by atoms with Gasteiger partial charge >= 0.3 is 0 Å². The van der Waals surface area contributed by atoms with E-state index in [0.29, 0.717) is 11.6 Å². The first-order valence-electron chi connectivity index (χ1n) is 10.8. The van der Waals surface area contributed by atoms with E-state index < -0.39 is 0 Å². The summed E-state index contributed by atoms with van der Waals surface area (Å²) in [5.74, 6) is 0.517. The van der Waals surface area contributed by atoms with Crippen molar-refractivity contribution in [1.29, 1.82) is 0 Å². The Morgan fingerprint density at radius 3 is 2.77 bits per heavy atom. The van der Waals surface area contributed by atoms with Gasteiger partial charge in [0, 0.05) is 18.0 Å². The molecule has 5 heteroatoms. The van der Waals surface area contributed by atoms with Crippen LogP contribution in [0.1, 0.15) is 45.1 Å². The summed E-state index contributed by atoms with van der Waals surface area (Å²) in [4.78, 5) is 8.69. The van der Waals surface area contributed by atoms with Crippen LogP contribution in [0.25, 0.3) is 0 Å². The molecule has 2 N–H and O–H groups in total. The van der Waals surface area contributed by atoms with E-state index in [0.717, 1.165) is 49.6 Å². The van der Waals surface area contributed by atoms with Gasteiger partial charge < -0.3 is 4.90 Å². The van der Waals surface area contributed by atoms with Gasteiger partial charge in [-0.15, -0.1) is 0 Å². The number of benzene rings is 1. The third-order valence-corrected chi connectivity index (χ3v) is 6.06. The summed E-state index contributed by atoms with van der Waals surface area (Å²) in [7, 11) is 0. The molecule has 3 rings (SSSR count). The zero-order valence-electron chi connectivity index (χ0n) is 18.3. The van der Waals surface area contributed by atoms with E-state index in [1.165, 1.54) is 16.0 Å². The van der Waals surface area contributed by atoms with Crippen LogP contribution in [0.15, 0.2) is 81.5 Å². The summed E-state index contributed by atoms with van der Waals surface area (Å²) >= 11 is 1.71. The normalized spacial score (nSPS) is 16.8. The first-order chi connectivity index (χ1) is 14.5. The number of allylic oxidation sites excluding steroid dienone is 6. The standard InChI is InChI=1S/C25H33N3OS/c1-19(2)17-28(18-21-11-5-4-6-12-21)25(30-22-13-9-10-20(3)16-22)26-23-14-7-8-15-24(23)27-29/h4-5,8-11,13,15-16,19,27,29H,6-7,12,14,17-18H2,1-3H3. The number of rotatable bonds is 7. The van der Waals surface area contributed by atoms with E-state index in [9.17, 15) is 5.21 Å².